The van der Waals surface area contributed by atoms with Crippen LogP contribution in [0.5, 0.6) is 0 Å². The van der Waals surface area contributed by atoms with Gasteiger partial charge in [0, 0.05) is 18.5 Å². The minimum Gasteiger partial charge on any atom is -0.395 e. The first kappa shape index (κ1) is 15.2. The second-order valence-electron chi connectivity index (χ2n) is 4.40. The first-order valence-electron chi connectivity index (χ1n) is 6.58. The molecule has 2 aromatic rings. The molecule has 0 aliphatic heterocycles. The first-order chi connectivity index (χ1) is 10.2. The van der Waals surface area contributed by atoms with Gasteiger partial charge in [0.2, 0.25) is 0 Å². The molecule has 1 heterocycles. The summed E-state index contributed by atoms with van der Waals surface area (Å²) in [5.41, 5.74) is 1.87. The number of aromatic nitrogens is 1. The van der Waals surface area contributed by atoms with Crippen molar-refractivity contribution in [1.82, 2.24) is 10.3 Å². The highest BCUT2D eigenvalue weighted by Crippen LogP contribution is 2.11. The number of hydrogen-bond donors (Lipinski definition) is 2. The minimum absolute atomic E-state index is 0.0665. The lowest BCUT2D eigenvalue weighted by molar-refractivity contribution is 0.0954. The van der Waals surface area contributed by atoms with Crippen LogP contribution in [0.25, 0.3) is 0 Å². The van der Waals surface area contributed by atoms with Crippen molar-refractivity contribution < 1.29 is 9.90 Å². The number of rotatable bonds is 4. The summed E-state index contributed by atoms with van der Waals surface area (Å²) < 4.78 is 0. The van der Waals surface area contributed by atoms with Crippen LogP contribution in [0, 0.1) is 18.8 Å². The van der Waals surface area contributed by atoms with Gasteiger partial charge in [-0.3, -0.25) is 4.79 Å². The zero-order valence-corrected chi connectivity index (χ0v) is 12.5. The molecule has 0 aliphatic carbocycles. The minimum atomic E-state index is -0.114. The number of aryl methyl sites for hydroxylation is 1. The van der Waals surface area contributed by atoms with Crippen LogP contribution < -0.4 is 5.32 Å². The van der Waals surface area contributed by atoms with Crippen molar-refractivity contribution in [2.45, 2.75) is 19.9 Å². The fraction of sp³-hybridized carbons (Fsp3) is 0.250. The number of carbonyl (C=O) groups is 1. The van der Waals surface area contributed by atoms with Gasteiger partial charge in [-0.25, -0.2) is 4.98 Å². The van der Waals surface area contributed by atoms with E-state index in [0.717, 1.165) is 16.1 Å². The second kappa shape index (κ2) is 7.58. The third-order valence-electron chi connectivity index (χ3n) is 2.69. The summed E-state index contributed by atoms with van der Waals surface area (Å²) in [5, 5.41) is 12.4. The third kappa shape index (κ3) is 4.71. The van der Waals surface area contributed by atoms with Crippen LogP contribution >= 0.6 is 11.3 Å². The summed E-state index contributed by atoms with van der Waals surface area (Å²) in [6, 6.07) is 7.68. The molecule has 5 heteroatoms. The van der Waals surface area contributed by atoms with Crippen molar-refractivity contribution >= 4 is 17.2 Å². The molecule has 0 spiro atoms. The lowest BCUT2D eigenvalue weighted by atomic mass is 10.1. The molecule has 21 heavy (non-hydrogen) atoms. The molecule has 2 rings (SSSR count). The maximum absolute atomic E-state index is 11.9. The van der Waals surface area contributed by atoms with E-state index in [4.69, 9.17) is 5.11 Å². The van der Waals surface area contributed by atoms with Crippen molar-refractivity contribution in [3.63, 3.8) is 0 Å². The average Bonchev–Trinajstić information content (AvgIpc) is 2.92. The standard InChI is InChI=1S/C16H16N2O2S/c1-12-17-11-15(21-12)16(20)18-10-14-7-4-6-13(9-14)5-2-3-8-19/h4,6-7,9,11,19H,3,8,10H2,1H3,(H,18,20). The number of thiazole rings is 1. The Kier molecular flexibility index (Phi) is 5.50. The molecule has 1 aromatic carbocycles. The van der Waals surface area contributed by atoms with E-state index in [1.165, 1.54) is 11.3 Å². The van der Waals surface area contributed by atoms with Gasteiger partial charge in [0.15, 0.2) is 0 Å². The van der Waals surface area contributed by atoms with Gasteiger partial charge in [-0.1, -0.05) is 24.0 Å². The summed E-state index contributed by atoms with van der Waals surface area (Å²) in [4.78, 5) is 16.6. The smallest absolute Gasteiger partial charge is 0.263 e. The number of hydrogen-bond acceptors (Lipinski definition) is 4. The molecule has 4 nitrogen and oxygen atoms in total. The number of amides is 1. The fourth-order valence-corrected chi connectivity index (χ4v) is 2.41. The summed E-state index contributed by atoms with van der Waals surface area (Å²) in [7, 11) is 0. The molecule has 0 bridgehead atoms. The number of benzene rings is 1. The van der Waals surface area contributed by atoms with Gasteiger partial charge in [0.1, 0.15) is 4.88 Å². The highest BCUT2D eigenvalue weighted by Gasteiger charge is 2.08. The van der Waals surface area contributed by atoms with E-state index in [9.17, 15) is 4.79 Å². The topological polar surface area (TPSA) is 62.2 Å². The van der Waals surface area contributed by atoms with Crippen LogP contribution in [-0.2, 0) is 6.54 Å². The predicted octanol–water partition coefficient (Wildman–Crippen LogP) is 2.12. The van der Waals surface area contributed by atoms with Gasteiger partial charge < -0.3 is 10.4 Å². The Morgan fingerprint density at radius 1 is 1.48 bits per heavy atom. The molecule has 0 saturated heterocycles. The lowest BCUT2D eigenvalue weighted by Crippen LogP contribution is -2.21. The highest BCUT2D eigenvalue weighted by molar-refractivity contribution is 7.13. The molecule has 1 amide bonds. The Hall–Kier alpha value is -2.16. The zero-order chi connectivity index (χ0) is 15.1. The summed E-state index contributed by atoms with van der Waals surface area (Å²) >= 11 is 1.38. The number of nitrogens with zero attached hydrogens (tertiary/aromatic N) is 1. The number of carbonyl (C=O) groups excluding carboxylic acids is 1. The van der Waals surface area contributed by atoms with Crippen molar-refractivity contribution in [3.8, 4) is 11.8 Å². The Morgan fingerprint density at radius 2 is 2.33 bits per heavy atom. The van der Waals surface area contributed by atoms with Crippen LogP contribution in [0.4, 0.5) is 0 Å². The molecule has 0 fully saturated rings. The fourth-order valence-electron chi connectivity index (χ4n) is 1.72. The molecule has 0 radical (unpaired) electrons. The molecular formula is C16H16N2O2S. The summed E-state index contributed by atoms with van der Waals surface area (Å²) in [6.45, 7) is 2.39. The largest absolute Gasteiger partial charge is 0.395 e. The van der Waals surface area contributed by atoms with E-state index in [2.05, 4.69) is 22.1 Å². The van der Waals surface area contributed by atoms with E-state index in [1.54, 1.807) is 6.20 Å². The molecule has 0 aliphatic rings. The Bertz CT molecular complexity index is 683. The van der Waals surface area contributed by atoms with Crippen molar-refractivity contribution in [2.75, 3.05) is 6.61 Å². The SMILES string of the molecule is Cc1ncc(C(=O)NCc2cccc(C#CCCO)c2)s1. The van der Waals surface area contributed by atoms with Gasteiger partial charge in [-0.15, -0.1) is 11.3 Å². The van der Waals surface area contributed by atoms with Crippen LogP contribution in [-0.4, -0.2) is 22.6 Å². The van der Waals surface area contributed by atoms with Crippen LogP contribution in [0.1, 0.15) is 32.2 Å². The Balaban J connectivity index is 1.96. The molecular weight excluding hydrogens is 284 g/mol. The van der Waals surface area contributed by atoms with Crippen molar-refractivity contribution in [3.05, 3.63) is 51.5 Å². The van der Waals surface area contributed by atoms with E-state index in [0.29, 0.717) is 17.8 Å². The van der Waals surface area contributed by atoms with Crippen LogP contribution in [0.15, 0.2) is 30.5 Å². The highest BCUT2D eigenvalue weighted by atomic mass is 32.1. The first-order valence-corrected chi connectivity index (χ1v) is 7.40. The molecule has 2 N–H and O–H groups in total. The summed E-state index contributed by atoms with van der Waals surface area (Å²) in [5.74, 6) is 5.74. The van der Waals surface area contributed by atoms with Gasteiger partial charge in [-0.05, 0) is 24.6 Å². The monoisotopic (exact) mass is 300 g/mol. The van der Waals surface area contributed by atoms with E-state index >= 15 is 0 Å². The Labute approximate surface area is 127 Å². The van der Waals surface area contributed by atoms with Crippen molar-refractivity contribution in [1.29, 1.82) is 0 Å². The van der Waals surface area contributed by atoms with Gasteiger partial charge >= 0.3 is 0 Å². The van der Waals surface area contributed by atoms with Crippen LogP contribution in [0.2, 0.25) is 0 Å². The average molecular weight is 300 g/mol. The quantitative estimate of drug-likeness (QED) is 0.850. The number of aliphatic hydroxyl groups is 1. The molecule has 0 unspecified atom stereocenters. The maximum Gasteiger partial charge on any atom is 0.263 e. The second-order valence-corrected chi connectivity index (χ2v) is 5.64. The lowest BCUT2D eigenvalue weighted by Gasteiger charge is -2.04. The van der Waals surface area contributed by atoms with Gasteiger partial charge in [0.05, 0.1) is 17.8 Å². The van der Waals surface area contributed by atoms with Gasteiger partial charge in [-0.2, -0.15) is 0 Å². The Morgan fingerprint density at radius 3 is 3.05 bits per heavy atom. The molecule has 1 aromatic heterocycles. The molecule has 0 atom stereocenters. The third-order valence-corrected chi connectivity index (χ3v) is 3.61. The maximum atomic E-state index is 11.9. The normalized spacial score (nSPS) is 9.81. The molecule has 108 valence electrons. The summed E-state index contributed by atoms with van der Waals surface area (Å²) in [6.07, 6.45) is 2.05. The van der Waals surface area contributed by atoms with Crippen molar-refractivity contribution in [2.24, 2.45) is 0 Å². The van der Waals surface area contributed by atoms with Gasteiger partial charge in [0.25, 0.3) is 5.91 Å². The number of aliphatic hydroxyl groups excluding tert-OH is 1. The predicted molar refractivity (Wildman–Crippen MR) is 83.0 cm³/mol. The molecule has 0 saturated carbocycles. The van der Waals surface area contributed by atoms with E-state index in [-0.39, 0.29) is 12.5 Å². The van der Waals surface area contributed by atoms with E-state index in [1.807, 2.05) is 31.2 Å². The number of nitrogens with one attached hydrogen (secondary N) is 1. The van der Waals surface area contributed by atoms with E-state index < -0.39 is 0 Å². The zero-order valence-electron chi connectivity index (χ0n) is 11.7. The van der Waals surface area contributed by atoms with Crippen LogP contribution in [0.3, 0.4) is 0 Å².